The van der Waals surface area contributed by atoms with Gasteiger partial charge in [-0.25, -0.2) is 0 Å². The molecule has 1 aromatic carbocycles. The third-order valence-corrected chi connectivity index (χ3v) is 15.7. The topological polar surface area (TPSA) is 51.6 Å². The molecule has 0 N–H and O–H groups in total. The Hall–Kier alpha value is -7.70. The predicted molar refractivity (Wildman–Crippen MR) is 253 cm³/mol. The number of benzene rings is 1. The lowest BCUT2D eigenvalue weighted by Crippen LogP contribution is -2.60. The fraction of sp³-hybridized carbons (Fsp3) is 0.323. The molecule has 12 fully saturated rings. The normalized spacial score (nSPS) is 33.5. The molecule has 310 valence electrons. The summed E-state index contributed by atoms with van der Waals surface area (Å²) in [5.74, 6) is 57.8. The van der Waals surface area contributed by atoms with Crippen LogP contribution >= 0.6 is 0 Å². The molecule has 0 spiro atoms. The summed E-state index contributed by atoms with van der Waals surface area (Å²) in [6.45, 7) is 0. The van der Waals surface area contributed by atoms with Crippen molar-refractivity contribution < 1.29 is 0 Å². The minimum Gasteiger partial charge on any atom is -0.265 e. The van der Waals surface area contributed by atoms with Crippen molar-refractivity contribution in [2.24, 2.45) is 43.3 Å². The van der Waals surface area contributed by atoms with E-state index in [0.717, 1.165) is 122 Å². The van der Waals surface area contributed by atoms with E-state index < -0.39 is 0 Å². The summed E-state index contributed by atoms with van der Waals surface area (Å²) in [6, 6.07) is 20.2. The van der Waals surface area contributed by atoms with Crippen LogP contribution in [0.5, 0.6) is 0 Å². The molecular weight excluding hydrogens is 801 g/mol. The van der Waals surface area contributed by atoms with Gasteiger partial charge in [-0.15, -0.1) is 0 Å². The smallest absolute Gasteiger partial charge is 0.0415 e. The molecule has 8 bridgehead atoms. The Labute approximate surface area is 388 Å². The second-order valence-corrected chi connectivity index (χ2v) is 21.3. The highest BCUT2D eigenvalue weighted by Crippen LogP contribution is 2.75. The highest BCUT2D eigenvalue weighted by Gasteiger charge is 2.69. The highest BCUT2D eigenvalue weighted by molar-refractivity contribution is 5.64. The maximum atomic E-state index is 4.14. The molecule has 12 aliphatic carbocycles. The third-order valence-electron chi connectivity index (χ3n) is 15.7. The average Bonchev–Trinajstić information content (AvgIpc) is 3.24. The summed E-state index contributed by atoms with van der Waals surface area (Å²) >= 11 is 0. The molecule has 4 heteroatoms. The van der Waals surface area contributed by atoms with Gasteiger partial charge in [0, 0.05) is 137 Å². The van der Waals surface area contributed by atoms with E-state index >= 15 is 0 Å². The molecule has 0 unspecified atom stereocenters. The van der Waals surface area contributed by atoms with Gasteiger partial charge >= 0.3 is 0 Å². The van der Waals surface area contributed by atoms with Crippen LogP contribution < -0.4 is 0 Å². The van der Waals surface area contributed by atoms with Crippen molar-refractivity contribution in [2.75, 3.05) is 0 Å². The van der Waals surface area contributed by atoms with Gasteiger partial charge in [-0.1, -0.05) is 94.7 Å². The minimum atomic E-state index is 0.00745. The van der Waals surface area contributed by atoms with Crippen LogP contribution in [0.25, 0.3) is 0 Å². The lowest BCUT2D eigenvalue weighted by atomic mass is 9.35. The van der Waals surface area contributed by atoms with Crippen molar-refractivity contribution in [1.82, 2.24) is 19.9 Å². The molecule has 4 heterocycles. The standard InChI is InChI=1S/C62H42N4/c1(47-9-25-63-26-10-47)17-55-35-59(36-55,37-55)21-5-51-33-53(7-23-61-41-57(42-61,43-61)19-3-49-13-29-65-30-14-49)54(8-24-62-44-58(45-62,46-62)20-4-50-15-31-66-32-16-50)34-52(51)6-22-60-38-56(39-60,40-60)18-2-48-11-27-64-28-12-48/h9-16,25-34H,35-46H2. The molecule has 0 saturated heterocycles. The fourth-order valence-corrected chi connectivity index (χ4v) is 12.6. The van der Waals surface area contributed by atoms with E-state index in [1.54, 1.807) is 49.6 Å². The van der Waals surface area contributed by atoms with Crippen molar-refractivity contribution in [3.8, 4) is 94.7 Å². The second kappa shape index (κ2) is 13.9. The predicted octanol–water partition coefficient (Wildman–Crippen LogP) is 9.56. The van der Waals surface area contributed by atoms with Crippen molar-refractivity contribution in [2.45, 2.75) is 77.0 Å². The first kappa shape index (κ1) is 38.7. The van der Waals surface area contributed by atoms with Crippen molar-refractivity contribution >= 4 is 0 Å². The number of hydrogen-bond acceptors (Lipinski definition) is 4. The molecule has 17 rings (SSSR count). The first-order valence-corrected chi connectivity index (χ1v) is 23.2. The zero-order valence-corrected chi connectivity index (χ0v) is 36.7. The second-order valence-electron chi connectivity index (χ2n) is 21.3. The van der Waals surface area contributed by atoms with Gasteiger partial charge in [0.15, 0.2) is 0 Å². The molecule has 4 aromatic heterocycles. The Morgan fingerprint density at radius 1 is 0.242 bits per heavy atom. The van der Waals surface area contributed by atoms with E-state index in [9.17, 15) is 0 Å². The Morgan fingerprint density at radius 2 is 0.409 bits per heavy atom. The summed E-state index contributed by atoms with van der Waals surface area (Å²) in [5.41, 5.74) is 8.18. The molecule has 66 heavy (non-hydrogen) atoms. The van der Waals surface area contributed by atoms with Gasteiger partial charge in [-0.3, -0.25) is 19.9 Å². The van der Waals surface area contributed by atoms with E-state index in [2.05, 4.69) is 127 Å². The number of nitrogens with zero attached hydrogens (tertiary/aromatic N) is 4. The van der Waals surface area contributed by atoms with Gasteiger partial charge in [-0.05, 0) is 138 Å². The molecular formula is C62H42N4. The van der Waals surface area contributed by atoms with Gasteiger partial charge in [0.2, 0.25) is 0 Å². The largest absolute Gasteiger partial charge is 0.265 e. The molecule has 12 aliphatic rings. The van der Waals surface area contributed by atoms with E-state index in [1.807, 2.05) is 48.5 Å². The minimum absolute atomic E-state index is 0.00745. The molecule has 0 aliphatic heterocycles. The van der Waals surface area contributed by atoms with E-state index in [1.165, 1.54) is 0 Å². The van der Waals surface area contributed by atoms with Crippen LogP contribution in [0.2, 0.25) is 0 Å². The molecule has 0 amide bonds. The molecule has 0 atom stereocenters. The first-order chi connectivity index (χ1) is 32.1. The molecule has 5 aromatic rings. The first-order valence-electron chi connectivity index (χ1n) is 23.2. The van der Waals surface area contributed by atoms with Crippen LogP contribution in [0.3, 0.4) is 0 Å². The quantitative estimate of drug-likeness (QED) is 0.146. The van der Waals surface area contributed by atoms with Crippen LogP contribution in [-0.2, 0) is 0 Å². The summed E-state index contributed by atoms with van der Waals surface area (Å²) < 4.78 is 0. The maximum Gasteiger partial charge on any atom is 0.0415 e. The molecule has 12 saturated carbocycles. The van der Waals surface area contributed by atoms with Crippen LogP contribution in [0, 0.1) is 138 Å². The van der Waals surface area contributed by atoms with Crippen molar-refractivity contribution in [3.63, 3.8) is 0 Å². The van der Waals surface area contributed by atoms with E-state index in [0.29, 0.717) is 0 Å². The van der Waals surface area contributed by atoms with Crippen LogP contribution in [0.1, 0.15) is 122 Å². The Bertz CT molecular complexity index is 2910. The summed E-state index contributed by atoms with van der Waals surface area (Å²) in [4.78, 5) is 16.6. The Kier molecular flexibility index (Phi) is 8.16. The summed E-state index contributed by atoms with van der Waals surface area (Å²) in [5, 5.41) is 0. The van der Waals surface area contributed by atoms with Gasteiger partial charge < -0.3 is 0 Å². The van der Waals surface area contributed by atoms with Crippen LogP contribution in [0.4, 0.5) is 0 Å². The summed E-state index contributed by atoms with van der Waals surface area (Å²) in [6.07, 6.45) is 26.6. The maximum absolute atomic E-state index is 4.14. The van der Waals surface area contributed by atoms with Gasteiger partial charge in [0.25, 0.3) is 0 Å². The SMILES string of the molecule is C(#CC12CC(C#Cc3cc(C#CC45CC(C#Cc6ccncc6)(C4)C5)c(C#CC45CC(C#Cc6ccncc6)(C4)C5)cc3C#CC34CC(C#Cc5ccncc5)(C3)C4)(C1)C2)c1ccncc1. The Balaban J connectivity index is 0.813. The lowest BCUT2D eigenvalue weighted by Gasteiger charge is -2.65. The number of hydrogen-bond donors (Lipinski definition) is 0. The van der Waals surface area contributed by atoms with Crippen LogP contribution in [0.15, 0.2) is 110 Å². The zero-order chi connectivity index (χ0) is 44.0. The average molecular weight is 843 g/mol. The van der Waals surface area contributed by atoms with Gasteiger partial charge in [0.05, 0.1) is 0 Å². The lowest BCUT2D eigenvalue weighted by molar-refractivity contribution is -0.113. The number of aromatic nitrogens is 4. The van der Waals surface area contributed by atoms with Crippen molar-refractivity contribution in [1.29, 1.82) is 0 Å². The van der Waals surface area contributed by atoms with Gasteiger partial charge in [0.1, 0.15) is 0 Å². The number of pyridine rings is 4. The molecule has 4 nitrogen and oxygen atoms in total. The van der Waals surface area contributed by atoms with Crippen molar-refractivity contribution in [3.05, 3.63) is 155 Å². The fourth-order valence-electron chi connectivity index (χ4n) is 12.6. The van der Waals surface area contributed by atoms with E-state index in [-0.39, 0.29) is 43.3 Å². The van der Waals surface area contributed by atoms with Crippen LogP contribution in [-0.4, -0.2) is 19.9 Å². The third kappa shape index (κ3) is 6.70. The van der Waals surface area contributed by atoms with E-state index in [4.69, 9.17) is 0 Å². The zero-order valence-electron chi connectivity index (χ0n) is 36.7. The van der Waals surface area contributed by atoms with Gasteiger partial charge in [-0.2, -0.15) is 0 Å². The number of rotatable bonds is 0. The highest BCUT2D eigenvalue weighted by atomic mass is 14.7. The monoisotopic (exact) mass is 842 g/mol. The molecule has 0 radical (unpaired) electrons. The Morgan fingerprint density at radius 3 is 0.591 bits per heavy atom. The summed E-state index contributed by atoms with van der Waals surface area (Å²) in [7, 11) is 0.